The molecule has 1 aliphatic heterocycles. The van der Waals surface area contributed by atoms with Gasteiger partial charge in [-0.3, -0.25) is 14.4 Å². The van der Waals surface area contributed by atoms with Crippen LogP contribution in [0.2, 0.25) is 0 Å². The molecule has 0 amide bonds. The Morgan fingerprint density at radius 2 is 1.88 bits per heavy atom. The van der Waals surface area contributed by atoms with Gasteiger partial charge in [-0.25, -0.2) is 0 Å². The van der Waals surface area contributed by atoms with Gasteiger partial charge in [0, 0.05) is 5.39 Å². The fraction of sp³-hybridized carbons (Fsp3) is 0.0833. The number of aromatic nitrogens is 1. The van der Waals surface area contributed by atoms with Crippen molar-refractivity contribution in [3.63, 3.8) is 0 Å². The second kappa shape index (κ2) is 3.28. The number of aromatic amines is 1. The normalized spacial score (nSPS) is 14.6. The Morgan fingerprint density at radius 3 is 2.71 bits per heavy atom. The Labute approximate surface area is 95.0 Å². The van der Waals surface area contributed by atoms with Crippen LogP contribution in [0, 0.1) is 0 Å². The van der Waals surface area contributed by atoms with E-state index in [-0.39, 0.29) is 17.7 Å². The summed E-state index contributed by atoms with van der Waals surface area (Å²) in [6.07, 6.45) is -0.381. The Kier molecular flexibility index (Phi) is 1.89. The number of hydrogen-bond donors (Lipinski definition) is 1. The van der Waals surface area contributed by atoms with E-state index in [9.17, 15) is 14.4 Å². The maximum Gasteiger partial charge on any atom is 0.319 e. The van der Waals surface area contributed by atoms with Gasteiger partial charge in [0.05, 0.1) is 5.52 Å². The lowest BCUT2D eigenvalue weighted by Crippen LogP contribution is -2.28. The molecule has 2 aromatic rings. The monoisotopic (exact) mass is 229 g/mol. The summed E-state index contributed by atoms with van der Waals surface area (Å²) in [5.74, 6) is -1.05. The van der Waals surface area contributed by atoms with Gasteiger partial charge in [-0.05, 0) is 12.1 Å². The number of Topliss-reactive ketones (excluding diaryl/α,β-unsaturated/α-hetero) is 1. The molecule has 1 N–H and O–H groups in total. The van der Waals surface area contributed by atoms with Crippen LogP contribution in [0.25, 0.3) is 10.9 Å². The molecule has 0 aliphatic carbocycles. The number of carbonyl (C=O) groups is 2. The van der Waals surface area contributed by atoms with E-state index >= 15 is 0 Å². The van der Waals surface area contributed by atoms with E-state index in [4.69, 9.17) is 4.74 Å². The predicted molar refractivity (Wildman–Crippen MR) is 59.2 cm³/mol. The van der Waals surface area contributed by atoms with Crippen LogP contribution in [-0.2, 0) is 4.79 Å². The van der Waals surface area contributed by atoms with Gasteiger partial charge in [0.15, 0.2) is 11.5 Å². The molecule has 3 rings (SSSR count). The molecule has 0 unspecified atom stereocenters. The molecular weight excluding hydrogens is 222 g/mol. The summed E-state index contributed by atoms with van der Waals surface area (Å²) in [6, 6.07) is 6.87. The molecule has 17 heavy (non-hydrogen) atoms. The molecular formula is C12H7NO4. The minimum absolute atomic E-state index is 0.0664. The summed E-state index contributed by atoms with van der Waals surface area (Å²) in [7, 11) is 0. The largest absolute Gasteiger partial charge is 0.424 e. The molecule has 0 atom stereocenters. The predicted octanol–water partition coefficient (Wildman–Crippen LogP) is 1.02. The van der Waals surface area contributed by atoms with E-state index in [2.05, 4.69) is 4.98 Å². The lowest BCUT2D eigenvalue weighted by atomic mass is 10.0. The fourth-order valence-electron chi connectivity index (χ4n) is 1.94. The van der Waals surface area contributed by atoms with Crippen molar-refractivity contribution in [3.05, 3.63) is 40.2 Å². The minimum atomic E-state index is -0.627. The minimum Gasteiger partial charge on any atom is -0.424 e. The highest BCUT2D eigenvalue weighted by atomic mass is 16.5. The van der Waals surface area contributed by atoms with Gasteiger partial charge in [0.25, 0.3) is 5.56 Å². The summed E-state index contributed by atoms with van der Waals surface area (Å²) in [4.78, 5) is 37.2. The Bertz CT molecular complexity index is 714. The number of pyridine rings is 1. The van der Waals surface area contributed by atoms with Crippen molar-refractivity contribution in [1.29, 1.82) is 0 Å². The number of nitrogens with one attached hydrogen (secondary N) is 1. The number of ether oxygens (including phenoxy) is 1. The average Bonchev–Trinajstić information content (AvgIpc) is 2.28. The van der Waals surface area contributed by atoms with Gasteiger partial charge >= 0.3 is 5.97 Å². The van der Waals surface area contributed by atoms with Crippen LogP contribution in [0.15, 0.2) is 29.1 Å². The smallest absolute Gasteiger partial charge is 0.319 e. The zero-order valence-electron chi connectivity index (χ0n) is 8.65. The third kappa shape index (κ3) is 1.36. The molecule has 0 fully saturated rings. The van der Waals surface area contributed by atoms with Crippen LogP contribution < -0.4 is 10.3 Å². The van der Waals surface area contributed by atoms with Crippen molar-refractivity contribution in [1.82, 2.24) is 4.98 Å². The van der Waals surface area contributed by atoms with Gasteiger partial charge in [-0.1, -0.05) is 12.1 Å². The van der Waals surface area contributed by atoms with Crippen molar-refractivity contribution >= 4 is 22.7 Å². The highest BCUT2D eigenvalue weighted by molar-refractivity contribution is 6.13. The van der Waals surface area contributed by atoms with E-state index in [1.54, 1.807) is 24.3 Å². The summed E-state index contributed by atoms with van der Waals surface area (Å²) < 4.78 is 5.02. The van der Waals surface area contributed by atoms with Crippen LogP contribution in [0.5, 0.6) is 5.75 Å². The van der Waals surface area contributed by atoms with Crippen LogP contribution in [-0.4, -0.2) is 16.7 Å². The molecule has 1 aliphatic rings. The molecule has 0 radical (unpaired) electrons. The third-order valence-electron chi connectivity index (χ3n) is 2.67. The quantitative estimate of drug-likeness (QED) is 0.540. The summed E-state index contributed by atoms with van der Waals surface area (Å²) in [5, 5.41) is 0.559. The van der Waals surface area contributed by atoms with Crippen molar-refractivity contribution in [2.75, 3.05) is 0 Å². The Morgan fingerprint density at radius 1 is 1.12 bits per heavy atom. The van der Waals surface area contributed by atoms with E-state index < -0.39 is 17.3 Å². The molecule has 2 heterocycles. The zero-order chi connectivity index (χ0) is 12.0. The van der Waals surface area contributed by atoms with E-state index in [1.165, 1.54) is 0 Å². The lowest BCUT2D eigenvalue weighted by Gasteiger charge is -2.15. The molecule has 5 nitrogen and oxygen atoms in total. The van der Waals surface area contributed by atoms with E-state index in [0.717, 1.165) is 0 Å². The molecule has 1 aromatic heterocycles. The van der Waals surface area contributed by atoms with Crippen LogP contribution in [0.1, 0.15) is 16.8 Å². The number of hydrogen-bond acceptors (Lipinski definition) is 4. The zero-order valence-corrected chi connectivity index (χ0v) is 8.65. The highest BCUT2D eigenvalue weighted by Gasteiger charge is 2.29. The molecule has 0 saturated heterocycles. The average molecular weight is 229 g/mol. The molecule has 84 valence electrons. The topological polar surface area (TPSA) is 76.2 Å². The first-order chi connectivity index (χ1) is 8.16. The molecule has 5 heteroatoms. The molecule has 1 aromatic carbocycles. The number of carbonyl (C=O) groups excluding carboxylic acids is 2. The third-order valence-corrected chi connectivity index (χ3v) is 2.67. The van der Waals surface area contributed by atoms with Crippen molar-refractivity contribution in [3.8, 4) is 5.75 Å². The molecule has 0 saturated carbocycles. The SMILES string of the molecule is O=C1CC(=O)c2c(c3ccccc3[nH]c2=O)O1. The maximum absolute atomic E-state index is 11.7. The van der Waals surface area contributed by atoms with Crippen molar-refractivity contribution in [2.24, 2.45) is 0 Å². The van der Waals surface area contributed by atoms with Gasteiger partial charge in [0.1, 0.15) is 12.0 Å². The van der Waals surface area contributed by atoms with Crippen LogP contribution in [0.4, 0.5) is 0 Å². The molecule has 0 bridgehead atoms. The lowest BCUT2D eigenvalue weighted by molar-refractivity contribution is -0.133. The first-order valence-corrected chi connectivity index (χ1v) is 5.06. The second-order valence-electron chi connectivity index (χ2n) is 3.78. The van der Waals surface area contributed by atoms with E-state index in [0.29, 0.717) is 10.9 Å². The fourth-order valence-corrected chi connectivity index (χ4v) is 1.94. The van der Waals surface area contributed by atoms with Gasteiger partial charge < -0.3 is 9.72 Å². The summed E-state index contributed by atoms with van der Waals surface area (Å²) in [5.41, 5.74) is -0.0433. The number of benzene rings is 1. The number of rotatable bonds is 0. The number of H-pyrrole nitrogens is 1. The van der Waals surface area contributed by atoms with Gasteiger partial charge in [-0.2, -0.15) is 0 Å². The first kappa shape index (κ1) is 9.77. The van der Waals surface area contributed by atoms with Crippen LogP contribution >= 0.6 is 0 Å². The number of ketones is 1. The van der Waals surface area contributed by atoms with Crippen LogP contribution in [0.3, 0.4) is 0 Å². The Hall–Kier alpha value is -2.43. The highest BCUT2D eigenvalue weighted by Crippen LogP contribution is 2.29. The van der Waals surface area contributed by atoms with Gasteiger partial charge in [0.2, 0.25) is 0 Å². The standard InChI is InChI=1S/C12H7NO4/c14-8-5-9(15)17-11-6-3-1-2-4-7(6)13-12(16)10(8)11/h1-4H,5H2,(H,13,16). The first-order valence-electron chi connectivity index (χ1n) is 5.06. The summed E-state index contributed by atoms with van der Waals surface area (Å²) >= 11 is 0. The molecule has 0 spiro atoms. The summed E-state index contributed by atoms with van der Waals surface area (Å²) in [6.45, 7) is 0. The second-order valence-corrected chi connectivity index (χ2v) is 3.78. The number of fused-ring (bicyclic) bond motifs is 3. The Balaban J connectivity index is 2.48. The van der Waals surface area contributed by atoms with E-state index in [1.807, 2.05) is 0 Å². The number of para-hydroxylation sites is 1. The van der Waals surface area contributed by atoms with Gasteiger partial charge in [-0.15, -0.1) is 0 Å². The van der Waals surface area contributed by atoms with Crippen molar-refractivity contribution < 1.29 is 14.3 Å². The number of esters is 1. The van der Waals surface area contributed by atoms with Crippen molar-refractivity contribution in [2.45, 2.75) is 6.42 Å². The maximum atomic E-state index is 11.7.